The topological polar surface area (TPSA) is 102 Å². The molecule has 1 saturated heterocycles. The van der Waals surface area contributed by atoms with Crippen molar-refractivity contribution in [1.82, 2.24) is 9.62 Å². The zero-order valence-corrected chi connectivity index (χ0v) is 13.8. The summed E-state index contributed by atoms with van der Waals surface area (Å²) in [5.41, 5.74) is -0.280. The number of nitro benzene ring substituents is 1. The van der Waals surface area contributed by atoms with Crippen molar-refractivity contribution >= 4 is 28.1 Å². The van der Waals surface area contributed by atoms with Gasteiger partial charge in [0.05, 0.1) is 12.0 Å². The molecule has 0 spiro atoms. The Bertz CT molecular complexity index is 652. The molecule has 8 nitrogen and oxygen atoms in total. The van der Waals surface area contributed by atoms with Crippen molar-refractivity contribution in [3.63, 3.8) is 0 Å². The number of rotatable bonds is 4. The van der Waals surface area contributed by atoms with Gasteiger partial charge >= 0.3 is 0 Å². The Balaban J connectivity index is 0.00000242. The largest absolute Gasteiger partial charge is 0.495 e. The second-order valence-electron chi connectivity index (χ2n) is 4.81. The fourth-order valence-electron chi connectivity index (χ4n) is 2.23. The lowest BCUT2D eigenvalue weighted by atomic mass is 10.3. The summed E-state index contributed by atoms with van der Waals surface area (Å²) >= 11 is 0. The van der Waals surface area contributed by atoms with Crippen LogP contribution in [0.1, 0.15) is 6.92 Å². The Labute approximate surface area is 135 Å². The molecule has 1 aliphatic rings. The fraction of sp³-hybridized carbons (Fsp3) is 0.500. The third kappa shape index (κ3) is 3.67. The van der Waals surface area contributed by atoms with Crippen molar-refractivity contribution in [2.24, 2.45) is 0 Å². The van der Waals surface area contributed by atoms with Crippen LogP contribution in [0.2, 0.25) is 0 Å². The molecule has 1 N–H and O–H groups in total. The molecule has 0 bridgehead atoms. The van der Waals surface area contributed by atoms with E-state index in [2.05, 4.69) is 5.32 Å². The van der Waals surface area contributed by atoms with E-state index < -0.39 is 14.9 Å². The number of nitrogens with one attached hydrogen (secondary N) is 1. The number of benzene rings is 1. The van der Waals surface area contributed by atoms with E-state index in [0.717, 1.165) is 6.07 Å². The lowest BCUT2D eigenvalue weighted by Gasteiger charge is -2.31. The maximum absolute atomic E-state index is 12.7. The molecule has 1 atom stereocenters. The molecule has 1 fully saturated rings. The molecular formula is C12H18ClN3O5S. The van der Waals surface area contributed by atoms with Gasteiger partial charge in [0.1, 0.15) is 10.6 Å². The Morgan fingerprint density at radius 2 is 2.14 bits per heavy atom. The van der Waals surface area contributed by atoms with Crippen molar-refractivity contribution in [3.8, 4) is 5.75 Å². The molecule has 0 aromatic heterocycles. The number of hydrogen-bond donors (Lipinski definition) is 1. The van der Waals surface area contributed by atoms with Gasteiger partial charge in [-0.1, -0.05) is 0 Å². The average Bonchev–Trinajstić information content (AvgIpc) is 2.46. The van der Waals surface area contributed by atoms with E-state index in [9.17, 15) is 18.5 Å². The molecule has 1 unspecified atom stereocenters. The normalized spacial score (nSPS) is 19.3. The van der Waals surface area contributed by atoms with Gasteiger partial charge in [-0.25, -0.2) is 8.42 Å². The van der Waals surface area contributed by atoms with Crippen LogP contribution in [0.5, 0.6) is 5.75 Å². The standard InChI is InChI=1S/C12H17N3O5S.ClH/c1-9-8-14(6-5-13-9)21(18,19)12-7-10(15(16)17)3-4-11(12)20-2;/h3-4,7,9,13H,5-6,8H2,1-2H3;1H. The van der Waals surface area contributed by atoms with Crippen LogP contribution in [0, 0.1) is 10.1 Å². The van der Waals surface area contributed by atoms with Crippen LogP contribution in [0.15, 0.2) is 23.1 Å². The first kappa shape index (κ1) is 18.6. The number of nitrogens with zero attached hydrogens (tertiary/aromatic N) is 2. The zero-order valence-electron chi connectivity index (χ0n) is 12.2. The van der Waals surface area contributed by atoms with Crippen LogP contribution in [0.3, 0.4) is 0 Å². The Morgan fingerprint density at radius 1 is 1.45 bits per heavy atom. The maximum atomic E-state index is 12.7. The van der Waals surface area contributed by atoms with Crippen molar-refractivity contribution in [3.05, 3.63) is 28.3 Å². The molecule has 22 heavy (non-hydrogen) atoms. The third-order valence-corrected chi connectivity index (χ3v) is 5.19. The van der Waals surface area contributed by atoms with Gasteiger partial charge in [0.25, 0.3) is 5.69 Å². The van der Waals surface area contributed by atoms with Gasteiger partial charge in [0, 0.05) is 37.8 Å². The molecule has 1 aliphatic heterocycles. The molecular weight excluding hydrogens is 334 g/mol. The van der Waals surface area contributed by atoms with E-state index in [1.54, 1.807) is 0 Å². The van der Waals surface area contributed by atoms with Crippen molar-refractivity contribution < 1.29 is 18.1 Å². The fourth-order valence-corrected chi connectivity index (χ4v) is 3.94. The molecule has 1 aromatic carbocycles. The molecule has 1 aromatic rings. The van der Waals surface area contributed by atoms with E-state index in [1.807, 2.05) is 6.92 Å². The number of nitro groups is 1. The smallest absolute Gasteiger partial charge is 0.271 e. The molecule has 1 heterocycles. The number of piperazine rings is 1. The number of non-ortho nitro benzene ring substituents is 1. The highest BCUT2D eigenvalue weighted by Crippen LogP contribution is 2.30. The lowest BCUT2D eigenvalue weighted by molar-refractivity contribution is -0.385. The minimum absolute atomic E-state index is 0. The van der Waals surface area contributed by atoms with Crippen LogP contribution >= 0.6 is 12.4 Å². The average molecular weight is 352 g/mol. The van der Waals surface area contributed by atoms with Crippen molar-refractivity contribution in [1.29, 1.82) is 0 Å². The van der Waals surface area contributed by atoms with Crippen LogP contribution in [0.4, 0.5) is 5.69 Å². The summed E-state index contributed by atoms with van der Waals surface area (Å²) in [7, 11) is -2.50. The van der Waals surface area contributed by atoms with Crippen LogP contribution in [-0.2, 0) is 10.0 Å². The lowest BCUT2D eigenvalue weighted by Crippen LogP contribution is -2.51. The molecule has 10 heteroatoms. The van der Waals surface area contributed by atoms with E-state index >= 15 is 0 Å². The molecule has 124 valence electrons. The van der Waals surface area contributed by atoms with Gasteiger partial charge in [0.2, 0.25) is 10.0 Å². The number of halogens is 1. The SMILES string of the molecule is COc1ccc([N+](=O)[O-])cc1S(=O)(=O)N1CCNC(C)C1.Cl. The van der Waals surface area contributed by atoms with Gasteiger partial charge in [-0.05, 0) is 13.0 Å². The Hall–Kier alpha value is -1.42. The highest BCUT2D eigenvalue weighted by molar-refractivity contribution is 7.89. The van der Waals surface area contributed by atoms with Gasteiger partial charge in [-0.2, -0.15) is 4.31 Å². The van der Waals surface area contributed by atoms with E-state index in [1.165, 1.54) is 23.5 Å². The van der Waals surface area contributed by atoms with Crippen LogP contribution < -0.4 is 10.1 Å². The summed E-state index contributed by atoms with van der Waals surface area (Å²) < 4.78 is 31.7. The van der Waals surface area contributed by atoms with Gasteiger partial charge < -0.3 is 10.1 Å². The number of sulfonamides is 1. The summed E-state index contributed by atoms with van der Waals surface area (Å²) in [6, 6.07) is 3.59. The van der Waals surface area contributed by atoms with E-state index in [0.29, 0.717) is 19.6 Å². The molecule has 0 radical (unpaired) electrons. The number of methoxy groups -OCH3 is 1. The summed E-state index contributed by atoms with van der Waals surface area (Å²) in [5, 5.41) is 14.0. The number of hydrogen-bond acceptors (Lipinski definition) is 6. The molecule has 0 saturated carbocycles. The summed E-state index contributed by atoms with van der Waals surface area (Å²) in [5.74, 6) is 0.104. The molecule has 0 amide bonds. The highest BCUT2D eigenvalue weighted by Gasteiger charge is 2.32. The zero-order chi connectivity index (χ0) is 15.6. The first-order valence-electron chi connectivity index (χ1n) is 6.42. The maximum Gasteiger partial charge on any atom is 0.271 e. The van der Waals surface area contributed by atoms with Crippen LogP contribution in [-0.4, -0.2) is 50.4 Å². The summed E-state index contributed by atoms with van der Waals surface area (Å²) in [4.78, 5) is 10.1. The minimum atomic E-state index is -3.83. The Kier molecular flexibility index (Phi) is 6.12. The molecule has 2 rings (SSSR count). The second kappa shape index (κ2) is 7.23. The first-order valence-corrected chi connectivity index (χ1v) is 7.86. The monoisotopic (exact) mass is 351 g/mol. The predicted octanol–water partition coefficient (Wildman–Crippen LogP) is 1.01. The Morgan fingerprint density at radius 3 is 2.68 bits per heavy atom. The molecule has 0 aliphatic carbocycles. The van der Waals surface area contributed by atoms with E-state index in [4.69, 9.17) is 4.74 Å². The second-order valence-corrected chi connectivity index (χ2v) is 6.72. The summed E-state index contributed by atoms with van der Waals surface area (Å²) in [6.45, 7) is 3.05. The van der Waals surface area contributed by atoms with Gasteiger partial charge in [-0.3, -0.25) is 10.1 Å². The van der Waals surface area contributed by atoms with Gasteiger partial charge in [0.15, 0.2) is 0 Å². The first-order chi connectivity index (χ1) is 9.86. The highest BCUT2D eigenvalue weighted by atomic mass is 35.5. The van der Waals surface area contributed by atoms with Crippen LogP contribution in [0.25, 0.3) is 0 Å². The minimum Gasteiger partial charge on any atom is -0.495 e. The summed E-state index contributed by atoms with van der Waals surface area (Å²) in [6.07, 6.45) is 0. The van der Waals surface area contributed by atoms with E-state index in [-0.39, 0.29) is 34.8 Å². The predicted molar refractivity (Wildman–Crippen MR) is 83.1 cm³/mol. The number of ether oxygens (including phenoxy) is 1. The van der Waals surface area contributed by atoms with Gasteiger partial charge in [-0.15, -0.1) is 12.4 Å². The van der Waals surface area contributed by atoms with Crippen molar-refractivity contribution in [2.45, 2.75) is 17.9 Å². The third-order valence-electron chi connectivity index (χ3n) is 3.31. The quantitative estimate of drug-likeness (QED) is 0.641. The van der Waals surface area contributed by atoms with Crippen molar-refractivity contribution in [2.75, 3.05) is 26.7 Å².